The van der Waals surface area contributed by atoms with Crippen molar-refractivity contribution in [1.29, 1.82) is 0 Å². The number of benzene rings is 2. The van der Waals surface area contributed by atoms with Crippen molar-refractivity contribution in [2.75, 3.05) is 19.5 Å². The van der Waals surface area contributed by atoms with E-state index in [-0.39, 0.29) is 29.6 Å². The summed E-state index contributed by atoms with van der Waals surface area (Å²) in [5.74, 6) is -1.12. The van der Waals surface area contributed by atoms with Gasteiger partial charge in [0.2, 0.25) is 0 Å². The van der Waals surface area contributed by atoms with E-state index in [0.29, 0.717) is 29.2 Å². The number of halogens is 1. The van der Waals surface area contributed by atoms with Crippen LogP contribution in [0.25, 0.3) is 11.3 Å². The summed E-state index contributed by atoms with van der Waals surface area (Å²) in [5, 5.41) is 7.19. The molecule has 3 aromatic rings. The smallest absolute Gasteiger partial charge is 0.311 e. The Kier molecular flexibility index (Phi) is 8.22. The molecule has 0 unspecified atom stereocenters. The first-order chi connectivity index (χ1) is 18.0. The second-order valence-electron chi connectivity index (χ2n) is 8.71. The summed E-state index contributed by atoms with van der Waals surface area (Å²) in [7, 11) is 3.14. The fourth-order valence-electron chi connectivity index (χ4n) is 4.49. The number of hydrogen-bond acceptors (Lipinski definition) is 6. The van der Waals surface area contributed by atoms with E-state index in [1.54, 1.807) is 26.4 Å². The molecule has 194 valence electrons. The zero-order chi connectivity index (χ0) is 26.4. The van der Waals surface area contributed by atoms with Gasteiger partial charge in [0.1, 0.15) is 11.5 Å². The van der Waals surface area contributed by atoms with E-state index in [1.807, 2.05) is 22.9 Å². The lowest BCUT2D eigenvalue weighted by Gasteiger charge is -2.18. The predicted octanol–water partition coefficient (Wildman–Crippen LogP) is 5.95. The molecule has 37 heavy (non-hydrogen) atoms. The molecule has 0 aliphatic heterocycles. The van der Waals surface area contributed by atoms with Crippen molar-refractivity contribution in [1.82, 2.24) is 9.78 Å². The Hall–Kier alpha value is -4.14. The molecule has 0 saturated heterocycles. The molecule has 1 saturated carbocycles. The number of ether oxygens (including phenoxy) is 3. The van der Waals surface area contributed by atoms with Crippen molar-refractivity contribution < 1.29 is 28.2 Å². The number of carbonyl (C=O) groups excluding carboxylic acids is 2. The average Bonchev–Trinajstić information content (AvgIpc) is 3.59. The summed E-state index contributed by atoms with van der Waals surface area (Å²) >= 11 is 0. The molecule has 1 aromatic heterocycles. The maximum absolute atomic E-state index is 15.1. The van der Waals surface area contributed by atoms with Crippen LogP contribution in [0.4, 0.5) is 10.1 Å². The molecule has 0 spiro atoms. The highest BCUT2D eigenvalue weighted by Crippen LogP contribution is 2.42. The van der Waals surface area contributed by atoms with E-state index in [4.69, 9.17) is 14.2 Å². The van der Waals surface area contributed by atoms with Crippen LogP contribution in [0.5, 0.6) is 17.2 Å². The molecule has 8 nitrogen and oxygen atoms in total. The van der Waals surface area contributed by atoms with E-state index in [2.05, 4.69) is 17.0 Å². The van der Waals surface area contributed by atoms with Crippen molar-refractivity contribution in [2.24, 2.45) is 0 Å². The van der Waals surface area contributed by atoms with Gasteiger partial charge in [0.15, 0.2) is 17.3 Å². The molecule has 1 heterocycles. The second kappa shape index (κ2) is 11.7. The fraction of sp³-hybridized carbons (Fsp3) is 0.321. The van der Waals surface area contributed by atoms with Gasteiger partial charge >= 0.3 is 5.97 Å². The molecule has 4 rings (SSSR count). The number of aromatic nitrogens is 2. The first-order valence-electron chi connectivity index (χ1n) is 12.2. The van der Waals surface area contributed by atoms with Gasteiger partial charge in [-0.3, -0.25) is 14.3 Å². The van der Waals surface area contributed by atoms with Gasteiger partial charge in [-0.2, -0.15) is 5.10 Å². The maximum Gasteiger partial charge on any atom is 0.311 e. The number of hydrogen-bond donors (Lipinski definition) is 1. The Bertz CT molecular complexity index is 1270. The molecule has 9 heteroatoms. The molecule has 0 bridgehead atoms. The SMILES string of the molecule is C=CCCC(=O)Oc1cccc(NC(=O)c2cc(-c3c(OC)cccc3OC)n(C3CCCC3)n2)c1F. The van der Waals surface area contributed by atoms with E-state index in [9.17, 15) is 9.59 Å². The third kappa shape index (κ3) is 5.66. The van der Waals surface area contributed by atoms with Gasteiger partial charge in [-0.15, -0.1) is 6.58 Å². The maximum atomic E-state index is 15.1. The third-order valence-corrected chi connectivity index (χ3v) is 6.31. The van der Waals surface area contributed by atoms with Crippen LogP contribution in [-0.2, 0) is 4.79 Å². The van der Waals surface area contributed by atoms with Crippen LogP contribution in [-0.4, -0.2) is 35.9 Å². The number of esters is 1. The molecular formula is C28H30FN3O5. The molecule has 1 aliphatic rings. The Balaban J connectivity index is 1.66. The fourth-order valence-corrected chi connectivity index (χ4v) is 4.49. The van der Waals surface area contributed by atoms with Crippen molar-refractivity contribution in [2.45, 2.75) is 44.6 Å². The van der Waals surface area contributed by atoms with Crippen LogP contribution in [0.2, 0.25) is 0 Å². The highest BCUT2D eigenvalue weighted by Gasteiger charge is 2.27. The minimum absolute atomic E-state index is 0.0767. The minimum atomic E-state index is -0.843. The summed E-state index contributed by atoms with van der Waals surface area (Å²) < 4.78 is 33.2. The molecule has 1 N–H and O–H groups in total. The van der Waals surface area contributed by atoms with Crippen LogP contribution in [0.1, 0.15) is 55.1 Å². The number of allylic oxidation sites excluding steroid dienone is 1. The summed E-state index contributed by atoms with van der Waals surface area (Å²) in [6.45, 7) is 3.55. The van der Waals surface area contributed by atoms with Gasteiger partial charge in [0, 0.05) is 6.42 Å². The van der Waals surface area contributed by atoms with Gasteiger partial charge in [0.25, 0.3) is 5.91 Å². The normalized spacial score (nSPS) is 13.3. The van der Waals surface area contributed by atoms with E-state index in [0.717, 1.165) is 25.7 Å². The number of nitrogens with zero attached hydrogens (tertiary/aromatic N) is 2. The first kappa shape index (κ1) is 25.9. The van der Waals surface area contributed by atoms with Crippen LogP contribution in [0.15, 0.2) is 55.1 Å². The highest BCUT2D eigenvalue weighted by atomic mass is 19.1. The molecule has 0 radical (unpaired) electrons. The third-order valence-electron chi connectivity index (χ3n) is 6.31. The Labute approximate surface area is 215 Å². The first-order valence-corrected chi connectivity index (χ1v) is 12.2. The molecular weight excluding hydrogens is 477 g/mol. The van der Waals surface area contributed by atoms with Crippen molar-refractivity contribution >= 4 is 17.6 Å². The molecule has 1 fully saturated rings. The zero-order valence-corrected chi connectivity index (χ0v) is 21.0. The molecule has 1 amide bonds. The van der Waals surface area contributed by atoms with Crippen LogP contribution < -0.4 is 19.5 Å². The number of anilines is 1. The number of carbonyl (C=O) groups is 2. The number of amides is 1. The van der Waals surface area contributed by atoms with E-state index < -0.39 is 17.7 Å². The Morgan fingerprint density at radius 1 is 1.11 bits per heavy atom. The number of nitrogens with one attached hydrogen (secondary N) is 1. The predicted molar refractivity (Wildman–Crippen MR) is 138 cm³/mol. The lowest BCUT2D eigenvalue weighted by atomic mass is 10.1. The lowest BCUT2D eigenvalue weighted by Crippen LogP contribution is -2.16. The van der Waals surface area contributed by atoms with Gasteiger partial charge in [-0.1, -0.05) is 31.1 Å². The van der Waals surface area contributed by atoms with Crippen molar-refractivity contribution in [3.05, 3.63) is 66.6 Å². The molecule has 2 aromatic carbocycles. The Morgan fingerprint density at radius 3 is 2.41 bits per heavy atom. The summed E-state index contributed by atoms with van der Waals surface area (Å²) in [5.41, 5.74) is 1.36. The lowest BCUT2D eigenvalue weighted by molar-refractivity contribution is -0.134. The van der Waals surface area contributed by atoms with Gasteiger partial charge in [-0.05, 0) is 49.6 Å². The number of rotatable bonds is 10. The van der Waals surface area contributed by atoms with E-state index >= 15 is 4.39 Å². The molecule has 1 aliphatic carbocycles. The molecule has 0 atom stereocenters. The van der Waals surface area contributed by atoms with Crippen molar-refractivity contribution in [3.63, 3.8) is 0 Å². The summed E-state index contributed by atoms with van der Waals surface area (Å²) in [6.07, 6.45) is 6.07. The standard InChI is InChI=1S/C28H30FN3O5/c1-4-5-16-25(33)37-24-15-8-12-19(27(24)29)30-28(34)20-17-21(32(31-20)18-10-6-7-11-18)26-22(35-2)13-9-14-23(26)36-3/h4,8-9,12-15,17-18H,1,5-7,10-11,16H2,2-3H3,(H,30,34). The summed E-state index contributed by atoms with van der Waals surface area (Å²) in [6, 6.07) is 11.5. The van der Waals surface area contributed by atoms with E-state index in [1.165, 1.54) is 18.2 Å². The monoisotopic (exact) mass is 507 g/mol. The van der Waals surface area contributed by atoms with Gasteiger partial charge in [-0.25, -0.2) is 4.39 Å². The Morgan fingerprint density at radius 2 is 1.76 bits per heavy atom. The average molecular weight is 508 g/mol. The summed E-state index contributed by atoms with van der Waals surface area (Å²) in [4.78, 5) is 25.2. The van der Waals surface area contributed by atoms with Gasteiger partial charge < -0.3 is 19.5 Å². The highest BCUT2D eigenvalue weighted by molar-refractivity contribution is 6.04. The zero-order valence-electron chi connectivity index (χ0n) is 21.0. The topological polar surface area (TPSA) is 91.7 Å². The quantitative estimate of drug-likeness (QED) is 0.207. The largest absolute Gasteiger partial charge is 0.496 e. The second-order valence-corrected chi connectivity index (χ2v) is 8.71. The number of methoxy groups -OCH3 is 2. The van der Waals surface area contributed by atoms with Gasteiger partial charge in [0.05, 0.1) is 37.2 Å². The van der Waals surface area contributed by atoms with Crippen molar-refractivity contribution in [3.8, 4) is 28.5 Å². The van der Waals surface area contributed by atoms with Crippen LogP contribution in [0.3, 0.4) is 0 Å². The van der Waals surface area contributed by atoms with Crippen LogP contribution in [0, 0.1) is 5.82 Å². The minimum Gasteiger partial charge on any atom is -0.496 e. The van der Waals surface area contributed by atoms with Crippen LogP contribution >= 0.6 is 0 Å².